The molecule has 0 saturated heterocycles. The normalized spacial score (nSPS) is 17.8. The molecule has 6 nitrogen and oxygen atoms in total. The first-order valence-corrected chi connectivity index (χ1v) is 12.5. The third-order valence-corrected chi connectivity index (χ3v) is 6.30. The van der Waals surface area contributed by atoms with E-state index in [2.05, 4.69) is 24.1 Å². The van der Waals surface area contributed by atoms with Gasteiger partial charge in [0.05, 0.1) is 19.7 Å². The summed E-state index contributed by atoms with van der Waals surface area (Å²) in [5, 5.41) is 20.3. The van der Waals surface area contributed by atoms with Crippen molar-refractivity contribution >= 4 is 41.4 Å². The molecular weight excluding hydrogens is 415 g/mol. The minimum absolute atomic E-state index is 0. The molecule has 0 spiro atoms. The molecule has 1 unspecified atom stereocenters. The number of hydrogen-bond acceptors (Lipinski definition) is 4. The molecule has 1 aliphatic rings. The van der Waals surface area contributed by atoms with Gasteiger partial charge in [0.2, 0.25) is 5.84 Å². The van der Waals surface area contributed by atoms with Gasteiger partial charge in [0.15, 0.2) is 0 Å². The SMILES string of the molecule is CCCCCCCCCCCCCCCC=CC1=NCC[N+]1(CCO)CCC(=O)[O-].O.[Na]. The van der Waals surface area contributed by atoms with Crippen LogP contribution in [-0.2, 0) is 4.79 Å². The van der Waals surface area contributed by atoms with Crippen molar-refractivity contribution in [2.45, 2.75) is 103 Å². The Labute approximate surface area is 218 Å². The van der Waals surface area contributed by atoms with Gasteiger partial charge in [-0.25, -0.2) is 4.99 Å². The molecule has 3 N–H and O–H groups in total. The molecule has 0 saturated carbocycles. The average molecular weight is 464 g/mol. The average Bonchev–Trinajstić information content (AvgIpc) is 3.12. The number of allylic oxidation sites excluding steroid dienone is 1. The topological polar surface area (TPSA) is 104 Å². The van der Waals surface area contributed by atoms with Crippen molar-refractivity contribution in [1.82, 2.24) is 0 Å². The predicted molar refractivity (Wildman–Crippen MR) is 133 cm³/mol. The molecule has 1 radical (unpaired) electrons. The molecule has 0 aliphatic carbocycles. The Morgan fingerprint density at radius 3 is 2.00 bits per heavy atom. The Balaban J connectivity index is 0. The maximum absolute atomic E-state index is 10.9. The number of amidine groups is 1. The van der Waals surface area contributed by atoms with Gasteiger partial charge in [0, 0.05) is 48.0 Å². The Morgan fingerprint density at radius 2 is 1.50 bits per heavy atom. The van der Waals surface area contributed by atoms with Crippen LogP contribution >= 0.6 is 0 Å². The maximum atomic E-state index is 10.9. The van der Waals surface area contributed by atoms with Crippen LogP contribution in [0.2, 0.25) is 0 Å². The fourth-order valence-corrected chi connectivity index (χ4v) is 4.36. The van der Waals surface area contributed by atoms with Crippen LogP contribution in [0.1, 0.15) is 103 Å². The standard InChI is InChI=1S/C25H46N2O3.Na.H2O/c1-2-3-4-5-6-7-8-9-10-11-12-13-14-15-16-17-24-26-19-21-27(24,22-23-28)20-18-25(29)30;;/h16-17,28H,2-15,18-23H2,1H3;;1H2. The number of rotatable bonds is 20. The van der Waals surface area contributed by atoms with E-state index in [0.717, 1.165) is 18.8 Å². The second-order valence-corrected chi connectivity index (χ2v) is 8.84. The molecule has 32 heavy (non-hydrogen) atoms. The van der Waals surface area contributed by atoms with E-state index >= 15 is 0 Å². The zero-order valence-corrected chi connectivity index (χ0v) is 23.0. The van der Waals surface area contributed by atoms with E-state index < -0.39 is 5.97 Å². The smallest absolute Gasteiger partial charge is 0.222 e. The van der Waals surface area contributed by atoms with Crippen LogP contribution < -0.4 is 5.11 Å². The summed E-state index contributed by atoms with van der Waals surface area (Å²) in [6.07, 6.45) is 23.0. The zero-order chi connectivity index (χ0) is 21.9. The summed E-state index contributed by atoms with van der Waals surface area (Å²) < 4.78 is 0.472. The van der Waals surface area contributed by atoms with Gasteiger partial charge in [-0.2, -0.15) is 0 Å². The number of aliphatic imine (C=N–C) groups is 1. The van der Waals surface area contributed by atoms with Crippen LogP contribution in [-0.4, -0.2) is 89.2 Å². The second-order valence-electron chi connectivity index (χ2n) is 8.84. The Kier molecular flexibility index (Phi) is 23.9. The van der Waals surface area contributed by atoms with Crippen molar-refractivity contribution < 1.29 is 25.0 Å². The number of aliphatic carboxylic acids is 1. The number of nitrogens with zero attached hydrogens (tertiary/aromatic N) is 2. The number of carbonyl (C=O) groups is 1. The fraction of sp³-hybridized carbons (Fsp3) is 0.840. The van der Waals surface area contributed by atoms with Crippen molar-refractivity contribution in [1.29, 1.82) is 0 Å². The first-order valence-electron chi connectivity index (χ1n) is 12.5. The molecule has 0 bridgehead atoms. The van der Waals surface area contributed by atoms with Gasteiger partial charge < -0.3 is 20.5 Å². The van der Waals surface area contributed by atoms with Crippen molar-refractivity contribution in [2.75, 3.05) is 32.8 Å². The largest absolute Gasteiger partial charge is 0.550 e. The molecule has 0 fully saturated rings. The predicted octanol–water partition coefficient (Wildman–Crippen LogP) is 3.18. The first kappa shape index (κ1) is 33.9. The minimum Gasteiger partial charge on any atom is -0.550 e. The number of carboxylic acids is 1. The molecule has 0 aromatic rings. The Morgan fingerprint density at radius 1 is 0.969 bits per heavy atom. The minimum atomic E-state index is -1.03. The van der Waals surface area contributed by atoms with E-state index in [9.17, 15) is 15.0 Å². The van der Waals surface area contributed by atoms with E-state index in [0.29, 0.717) is 24.1 Å². The molecule has 0 aromatic carbocycles. The van der Waals surface area contributed by atoms with Crippen LogP contribution in [0.5, 0.6) is 0 Å². The van der Waals surface area contributed by atoms with Gasteiger partial charge in [-0.3, -0.25) is 4.48 Å². The number of aliphatic hydroxyl groups is 1. The summed E-state index contributed by atoms with van der Waals surface area (Å²) in [6, 6.07) is 0. The van der Waals surface area contributed by atoms with E-state index in [-0.39, 0.29) is 48.1 Å². The number of aliphatic hydroxyl groups excluding tert-OH is 1. The van der Waals surface area contributed by atoms with Gasteiger partial charge in [0.1, 0.15) is 13.1 Å². The molecule has 1 rings (SSSR count). The summed E-state index contributed by atoms with van der Waals surface area (Å²) >= 11 is 0. The third kappa shape index (κ3) is 15.6. The van der Waals surface area contributed by atoms with Crippen molar-refractivity contribution in [2.24, 2.45) is 4.99 Å². The zero-order valence-electron chi connectivity index (χ0n) is 21.0. The van der Waals surface area contributed by atoms with Crippen molar-refractivity contribution in [3.63, 3.8) is 0 Å². The summed E-state index contributed by atoms with van der Waals surface area (Å²) in [5.74, 6) is -0.118. The maximum Gasteiger partial charge on any atom is 0.222 e. The molecule has 7 heteroatoms. The Bertz CT molecular complexity index is 514. The number of carbonyl (C=O) groups excluding carboxylic acids is 1. The number of carboxylic acid groups (broad SMARTS) is 1. The van der Waals surface area contributed by atoms with E-state index in [4.69, 9.17) is 0 Å². The molecule has 1 atom stereocenters. The second kappa shape index (κ2) is 22.5. The summed E-state index contributed by atoms with van der Waals surface area (Å²) in [7, 11) is 0. The summed E-state index contributed by atoms with van der Waals surface area (Å²) in [6.45, 7) is 4.75. The van der Waals surface area contributed by atoms with E-state index in [1.165, 1.54) is 83.5 Å². The van der Waals surface area contributed by atoms with Crippen LogP contribution in [0.4, 0.5) is 0 Å². The monoisotopic (exact) mass is 463 g/mol. The first-order chi connectivity index (χ1) is 14.6. The summed E-state index contributed by atoms with van der Waals surface area (Å²) in [4.78, 5) is 15.4. The number of unbranched alkanes of at least 4 members (excludes halogenated alkanes) is 13. The van der Waals surface area contributed by atoms with E-state index in [1.807, 2.05) is 0 Å². The van der Waals surface area contributed by atoms with Gasteiger partial charge >= 0.3 is 0 Å². The number of quaternary nitrogens is 1. The van der Waals surface area contributed by atoms with Crippen molar-refractivity contribution in [3.8, 4) is 0 Å². The van der Waals surface area contributed by atoms with Gasteiger partial charge in [0.25, 0.3) is 0 Å². The summed E-state index contributed by atoms with van der Waals surface area (Å²) in [5.41, 5.74) is 0. The van der Waals surface area contributed by atoms with Gasteiger partial charge in [-0.15, -0.1) is 0 Å². The quantitative estimate of drug-likeness (QED) is 0.170. The van der Waals surface area contributed by atoms with Crippen LogP contribution in [0, 0.1) is 0 Å². The van der Waals surface area contributed by atoms with Gasteiger partial charge in [-0.1, -0.05) is 90.0 Å². The molecule has 183 valence electrons. The van der Waals surface area contributed by atoms with E-state index in [1.54, 1.807) is 0 Å². The molecule has 0 amide bonds. The van der Waals surface area contributed by atoms with Crippen LogP contribution in [0.3, 0.4) is 0 Å². The third-order valence-electron chi connectivity index (χ3n) is 6.30. The van der Waals surface area contributed by atoms with Gasteiger partial charge in [-0.05, 0) is 12.8 Å². The Hall–Kier alpha value is -0.240. The number of hydrogen-bond donors (Lipinski definition) is 1. The van der Waals surface area contributed by atoms with Crippen LogP contribution in [0.25, 0.3) is 0 Å². The molecular formula is C25H48N2NaO4. The molecule has 1 aliphatic heterocycles. The van der Waals surface area contributed by atoms with Crippen LogP contribution in [0.15, 0.2) is 17.1 Å². The fourth-order valence-electron chi connectivity index (χ4n) is 4.36. The molecule has 0 aromatic heterocycles. The molecule has 1 heterocycles. The van der Waals surface area contributed by atoms with Crippen molar-refractivity contribution in [3.05, 3.63) is 12.2 Å².